The number of H-pyrrole nitrogens is 1. The third kappa shape index (κ3) is 20.1. The topological polar surface area (TPSA) is 372 Å². The molecule has 9 aliphatic rings. The van der Waals surface area contributed by atoms with Crippen LogP contribution in [0.5, 0.6) is 46.0 Å². The van der Waals surface area contributed by atoms with Crippen LogP contribution in [0.4, 0.5) is 0 Å². The lowest BCUT2D eigenvalue weighted by Gasteiger charge is -2.32. The quantitative estimate of drug-likeness (QED) is 0.0313. The minimum absolute atomic E-state index is 0. The Hall–Kier alpha value is -13.7. The van der Waals surface area contributed by atoms with Crippen LogP contribution in [0.2, 0.25) is 0 Å². The molecule has 13 aromatic rings. The number of ether oxygens (including phenoxy) is 8. The summed E-state index contributed by atoms with van der Waals surface area (Å²) in [5.41, 5.74) is 13.4. The Kier molecular flexibility index (Phi) is 26.4. The number of hydrogen-bond donors (Lipinski definition) is 4. The Bertz CT molecular complexity index is 7150. The predicted molar refractivity (Wildman–Crippen MR) is 518 cm³/mol. The van der Waals surface area contributed by atoms with Crippen LogP contribution in [-0.2, 0) is 103 Å². The summed E-state index contributed by atoms with van der Waals surface area (Å²) in [5.74, 6) is 6.27. The van der Waals surface area contributed by atoms with Crippen LogP contribution in [0, 0.1) is 6.92 Å². The number of hydrogen-bond acceptors (Lipinski definition) is 24. The second-order valence-corrected chi connectivity index (χ2v) is 41.7. The fraction of sp³-hybridized carbons (Fsp3) is 0.299. The maximum Gasteiger partial charge on any atom is 0.243 e. The number of aliphatic hydroxyl groups is 1. The molecule has 28 nitrogen and oxygen atoms in total. The van der Waals surface area contributed by atoms with Crippen molar-refractivity contribution in [1.29, 1.82) is 0 Å². The van der Waals surface area contributed by atoms with E-state index in [2.05, 4.69) is 47.6 Å². The third-order valence-electron chi connectivity index (χ3n) is 27.2. The fourth-order valence-corrected chi connectivity index (χ4v) is 22.4. The number of ketones is 4. The number of carbonyl (C=O) groups is 4. The Labute approximate surface area is 803 Å². The normalized spacial score (nSPS) is 17.2. The zero-order chi connectivity index (χ0) is 95.6. The highest BCUT2D eigenvalue weighted by atomic mass is 32.2. The minimum Gasteiger partial charge on any atom is -0.454 e. The number of sulfonamides is 3. The van der Waals surface area contributed by atoms with Gasteiger partial charge >= 0.3 is 0 Å². The zero-order valence-corrected chi connectivity index (χ0v) is 78.8. The molecule has 31 heteroatoms. The molecule has 1 unspecified atom stereocenters. The van der Waals surface area contributed by atoms with E-state index in [1.165, 1.54) is 12.1 Å². The molecule has 0 bridgehead atoms. The summed E-state index contributed by atoms with van der Waals surface area (Å²) in [6, 6.07) is 71.4. The number of aromatic amines is 1. The highest BCUT2D eigenvalue weighted by molar-refractivity contribution is 7.90. The number of aromatic nitrogens is 6. The molecule has 4 saturated carbocycles. The van der Waals surface area contributed by atoms with Crippen LogP contribution in [0.25, 0.3) is 44.9 Å². The molecule has 2 atom stereocenters. The number of piperidine rings is 1. The summed E-state index contributed by atoms with van der Waals surface area (Å²) in [5, 5.41) is 9.11. The van der Waals surface area contributed by atoms with E-state index >= 15 is 0 Å². The van der Waals surface area contributed by atoms with Gasteiger partial charge in [0.15, 0.2) is 46.0 Å². The third-order valence-corrected chi connectivity index (χ3v) is 32.3. The average molecular weight is 1920 g/mol. The van der Waals surface area contributed by atoms with E-state index in [0.29, 0.717) is 92.9 Å². The van der Waals surface area contributed by atoms with Crippen molar-refractivity contribution in [2.24, 2.45) is 0 Å². The number of fused-ring (bicyclic) bond motifs is 4. The Morgan fingerprint density at radius 3 is 1.21 bits per heavy atom. The lowest BCUT2D eigenvalue weighted by atomic mass is 9.88. The number of pyridine rings is 4. The number of Topliss-reactive ketones (excluding diaryl/α,β-unsaturated/α-hetero) is 4. The largest absolute Gasteiger partial charge is 0.454 e. The SMILES string of the molecule is CC1CCCCN1S(=O)(=O)c1ccc(-c2cccc(CC(=O)C3(c4ccc5c(c4)OCO5)CC3)n2)cc1.C[C@H](CO)NS(=O)(=O)c1ccc(-c2cccc(CC(=O)C3(c4ccc5c(c4)OCO5)CC3)n2)cc1.Cc1cc(-c2ccccc2)cnc1CC(=O)C1(c2ccc3c(c2)OCO3)CC1.O=C(Cc1cccc(-c2ccc(S(=O)(=O)NCCc3cnc[nH]3)cc2)n1)C1(c2ccc3c(c2)OCO3)CC1.[HH].[HH]. The molecular formula is C107H107N9O19S3. The first-order valence-corrected chi connectivity index (χ1v) is 50.7. The molecule has 10 heterocycles. The van der Waals surface area contributed by atoms with Gasteiger partial charge in [-0.2, -0.15) is 4.31 Å². The molecule has 22 rings (SSSR count). The van der Waals surface area contributed by atoms with E-state index in [-0.39, 0.29) is 101 Å². The molecule has 0 spiro atoms. The second-order valence-electron chi connectivity index (χ2n) is 36.4. The first kappa shape index (κ1) is 93.4. The monoisotopic (exact) mass is 1920 g/mol. The van der Waals surface area contributed by atoms with Crippen molar-refractivity contribution >= 4 is 53.2 Å². The summed E-state index contributed by atoms with van der Waals surface area (Å²) in [7, 11) is -10.9. The molecular weight excluding hydrogens is 1810 g/mol. The van der Waals surface area contributed by atoms with Gasteiger partial charge in [-0.1, -0.05) is 116 Å². The zero-order valence-electron chi connectivity index (χ0n) is 76.4. The van der Waals surface area contributed by atoms with E-state index < -0.39 is 57.8 Å². The maximum absolute atomic E-state index is 13.4. The molecule has 8 aromatic carbocycles. The number of rotatable bonds is 31. The van der Waals surface area contributed by atoms with E-state index in [1.807, 2.05) is 166 Å². The number of carbonyl (C=O) groups excluding carboxylic acids is 4. The van der Waals surface area contributed by atoms with Crippen LogP contribution in [-0.4, -0.2) is 147 Å². The van der Waals surface area contributed by atoms with Crippen molar-refractivity contribution in [3.05, 3.63) is 312 Å². The van der Waals surface area contributed by atoms with Crippen molar-refractivity contribution < 1.29 is 90.3 Å². The number of aliphatic hydroxyl groups excluding tert-OH is 1. The van der Waals surface area contributed by atoms with Crippen LogP contribution in [0.15, 0.2) is 270 Å². The minimum atomic E-state index is -3.73. The Morgan fingerprint density at radius 2 is 0.833 bits per heavy atom. The molecule has 5 aliphatic heterocycles. The van der Waals surface area contributed by atoms with Gasteiger partial charge < -0.3 is 48.0 Å². The summed E-state index contributed by atoms with van der Waals surface area (Å²) < 4.78 is 127. The molecule has 0 radical (unpaired) electrons. The lowest BCUT2D eigenvalue weighted by molar-refractivity contribution is -0.121. The van der Waals surface area contributed by atoms with Crippen molar-refractivity contribution in [2.45, 2.75) is 172 Å². The molecule has 712 valence electrons. The molecule has 4 aliphatic carbocycles. The van der Waals surface area contributed by atoms with E-state index in [4.69, 9.17) is 53.0 Å². The van der Waals surface area contributed by atoms with Gasteiger partial charge in [0.25, 0.3) is 0 Å². The Balaban J connectivity index is 0.000000129. The molecule has 1 saturated heterocycles. The smallest absolute Gasteiger partial charge is 0.243 e. The van der Waals surface area contributed by atoms with Gasteiger partial charge in [0.05, 0.1) is 72.1 Å². The van der Waals surface area contributed by atoms with Gasteiger partial charge in [-0.15, -0.1) is 0 Å². The number of benzene rings is 8. The first-order valence-electron chi connectivity index (χ1n) is 46.3. The van der Waals surface area contributed by atoms with Crippen LogP contribution in [0.3, 0.4) is 0 Å². The summed E-state index contributed by atoms with van der Waals surface area (Å²) in [6.45, 7) is 6.98. The summed E-state index contributed by atoms with van der Waals surface area (Å²) in [6.07, 6.45) is 16.1. The highest BCUT2D eigenvalue weighted by Gasteiger charge is 2.54. The average Bonchev–Trinajstić information content (AvgIpc) is 1.60. The molecule has 0 amide bonds. The fourth-order valence-electron chi connectivity index (χ4n) is 18.5. The number of aryl methyl sites for hydroxylation is 1. The van der Waals surface area contributed by atoms with Gasteiger partial charge in [-0.3, -0.25) is 39.1 Å². The van der Waals surface area contributed by atoms with Crippen molar-refractivity contribution in [3.8, 4) is 90.9 Å². The number of nitrogens with zero attached hydrogens (tertiary/aromatic N) is 6. The van der Waals surface area contributed by atoms with Crippen LogP contribution >= 0.6 is 0 Å². The molecule has 138 heavy (non-hydrogen) atoms. The van der Waals surface area contributed by atoms with Crippen molar-refractivity contribution in [1.82, 2.24) is 43.7 Å². The standard InChI is InChI=1S/C29H30N2O5S.C28H26N4O5S.C26H26N2O6S.C24H21NO3.2H2/c1-20-5-2-3-16-31(20)37(33,34)24-11-8-21(9-12-24)25-7-4-6-23(30-25)18-28(32)29(14-15-29)22-10-13-26-27(17-22)36-19-35-26;33-27(28(11-12-28)20-6-9-25-26(14-20)37-18-36-25)15-21-2-1-3-24(32-21)19-4-7-23(8-5-19)38(34,35)31-13-10-22-16-29-17-30-22;1-17(15-29)28-35(31,32)21-8-5-18(6-9-21)22-4-2-3-20(27-22)14-25(30)26(11-12-26)19-7-10-23-24(13-19)34-16-33-23;1-16-11-18(17-5-3-2-4-6-17)14-25-20(16)13-23(26)24(9-10-24)19-7-8-21-22(12-19)28-15-27-21;;/h4,6-13,17,20H,2-3,5,14-16,18-19H2,1H3;1-9,14,16-17,31H,10-13,15,18H2,(H,29,30);2-10,13,17,28-29H,11-12,14-16H2,1H3;2-8,11-12,14H,9-10,13,15H2,1H3;2*1H/t;;17-;;;/m..1.../s1. The predicted octanol–water partition coefficient (Wildman–Crippen LogP) is 16.5. The first-order chi connectivity index (χ1) is 66.8. The van der Waals surface area contributed by atoms with Crippen LogP contribution in [0.1, 0.15) is 144 Å². The van der Waals surface area contributed by atoms with Crippen molar-refractivity contribution in [3.63, 3.8) is 0 Å². The number of imidazole rings is 1. The lowest BCUT2D eigenvalue weighted by Crippen LogP contribution is -2.41. The second kappa shape index (κ2) is 39.1. The molecule has 4 N–H and O–H groups in total. The van der Waals surface area contributed by atoms with Crippen LogP contribution < -0.4 is 47.3 Å². The van der Waals surface area contributed by atoms with E-state index in [9.17, 15) is 44.4 Å². The van der Waals surface area contributed by atoms with Crippen molar-refractivity contribution in [2.75, 3.05) is 46.9 Å². The maximum atomic E-state index is 13.4. The molecule has 5 aromatic heterocycles. The summed E-state index contributed by atoms with van der Waals surface area (Å²) >= 11 is 0. The highest BCUT2D eigenvalue weighted by Crippen LogP contribution is 2.56. The van der Waals surface area contributed by atoms with Gasteiger partial charge in [-0.25, -0.2) is 39.7 Å². The number of nitrogens with one attached hydrogen (secondary N) is 3. The Morgan fingerprint density at radius 1 is 0.442 bits per heavy atom. The summed E-state index contributed by atoms with van der Waals surface area (Å²) in [4.78, 5) is 79.5. The van der Waals surface area contributed by atoms with Gasteiger partial charge in [0.2, 0.25) is 57.2 Å². The van der Waals surface area contributed by atoms with Gasteiger partial charge in [0.1, 0.15) is 23.1 Å². The van der Waals surface area contributed by atoms with E-state index in [1.54, 1.807) is 84.4 Å². The van der Waals surface area contributed by atoms with E-state index in [0.717, 1.165) is 149 Å². The van der Waals surface area contributed by atoms with Gasteiger partial charge in [0, 0.05) is 118 Å². The van der Waals surface area contributed by atoms with Gasteiger partial charge in [-0.05, 0) is 246 Å². The molecule has 5 fully saturated rings.